The molecule has 0 saturated carbocycles. The van der Waals surface area contributed by atoms with E-state index in [1.54, 1.807) is 18.2 Å². The summed E-state index contributed by atoms with van der Waals surface area (Å²) in [5.74, 6) is 1.07. The standard InChI is InChI=1S/C14H16N2O6S2/c1-20-9-3-8(4-10(5-9)21-2)13-15-16-14(22-13)23-12-7-24(18,19)6-11(12)17/h3-5,11-12,17H,6-7H2,1-2H3/t11-,12-/m0/s1. The molecule has 1 aromatic carbocycles. The van der Waals surface area contributed by atoms with Gasteiger partial charge in [0, 0.05) is 11.6 Å². The molecule has 0 bridgehead atoms. The van der Waals surface area contributed by atoms with Gasteiger partial charge in [-0.25, -0.2) is 8.42 Å². The molecule has 1 N–H and O–H groups in total. The van der Waals surface area contributed by atoms with Crippen LogP contribution < -0.4 is 9.47 Å². The highest BCUT2D eigenvalue weighted by molar-refractivity contribution is 8.01. The van der Waals surface area contributed by atoms with Gasteiger partial charge in [-0.15, -0.1) is 10.2 Å². The fraction of sp³-hybridized carbons (Fsp3) is 0.429. The molecule has 2 atom stereocenters. The van der Waals surface area contributed by atoms with E-state index in [2.05, 4.69) is 10.2 Å². The van der Waals surface area contributed by atoms with Crippen molar-refractivity contribution in [3.05, 3.63) is 18.2 Å². The first kappa shape index (κ1) is 17.1. The second-order valence-corrected chi connectivity index (χ2v) is 8.62. The molecule has 1 aliphatic rings. The van der Waals surface area contributed by atoms with E-state index in [1.165, 1.54) is 14.2 Å². The number of benzene rings is 1. The Kier molecular flexibility index (Phi) is 4.70. The molecule has 8 nitrogen and oxygen atoms in total. The third-order valence-corrected chi connectivity index (χ3v) is 6.61. The van der Waals surface area contributed by atoms with Gasteiger partial charge in [-0.1, -0.05) is 11.8 Å². The summed E-state index contributed by atoms with van der Waals surface area (Å²) >= 11 is 1.07. The second-order valence-electron chi connectivity index (χ2n) is 5.28. The molecule has 0 radical (unpaired) electrons. The molecule has 3 rings (SSSR count). The predicted molar refractivity (Wildman–Crippen MR) is 87.1 cm³/mol. The zero-order chi connectivity index (χ0) is 17.3. The van der Waals surface area contributed by atoms with Crippen LogP contribution in [0, 0.1) is 0 Å². The molecule has 0 spiro atoms. The average Bonchev–Trinajstić information content (AvgIpc) is 3.11. The lowest BCUT2D eigenvalue weighted by Crippen LogP contribution is -2.19. The summed E-state index contributed by atoms with van der Waals surface area (Å²) in [6.07, 6.45) is -0.938. The van der Waals surface area contributed by atoms with Crippen LogP contribution in [0.3, 0.4) is 0 Å². The maximum atomic E-state index is 11.5. The highest BCUT2D eigenvalue weighted by Crippen LogP contribution is 2.34. The van der Waals surface area contributed by atoms with Crippen molar-refractivity contribution in [1.82, 2.24) is 10.2 Å². The first-order valence-electron chi connectivity index (χ1n) is 7.02. The van der Waals surface area contributed by atoms with Crippen LogP contribution in [0.4, 0.5) is 0 Å². The zero-order valence-corrected chi connectivity index (χ0v) is 14.6. The SMILES string of the molecule is COc1cc(OC)cc(-c2nnc(S[C@H]3CS(=O)(=O)C[C@@H]3O)o2)c1. The summed E-state index contributed by atoms with van der Waals surface area (Å²) in [5, 5.41) is 17.4. The molecule has 2 heterocycles. The van der Waals surface area contributed by atoms with Crippen LogP contribution in [-0.2, 0) is 9.84 Å². The number of ether oxygens (including phenoxy) is 2. The van der Waals surface area contributed by atoms with Crippen molar-refractivity contribution in [3.8, 4) is 23.0 Å². The second kappa shape index (κ2) is 6.61. The molecule has 1 saturated heterocycles. The summed E-state index contributed by atoms with van der Waals surface area (Å²) in [6.45, 7) is 0. The third kappa shape index (κ3) is 3.65. The Morgan fingerprint density at radius 1 is 1.17 bits per heavy atom. The number of nitrogens with zero attached hydrogens (tertiary/aromatic N) is 2. The Morgan fingerprint density at radius 2 is 1.83 bits per heavy atom. The van der Waals surface area contributed by atoms with Crippen LogP contribution in [0.15, 0.2) is 27.8 Å². The lowest BCUT2D eigenvalue weighted by atomic mass is 10.2. The smallest absolute Gasteiger partial charge is 0.277 e. The van der Waals surface area contributed by atoms with Crippen LogP contribution >= 0.6 is 11.8 Å². The van der Waals surface area contributed by atoms with E-state index in [0.29, 0.717) is 17.1 Å². The van der Waals surface area contributed by atoms with Crippen LogP contribution in [0.25, 0.3) is 11.5 Å². The van der Waals surface area contributed by atoms with Crippen molar-refractivity contribution in [2.45, 2.75) is 16.6 Å². The zero-order valence-electron chi connectivity index (χ0n) is 13.0. The van der Waals surface area contributed by atoms with E-state index >= 15 is 0 Å². The summed E-state index contributed by atoms with van der Waals surface area (Å²) < 4.78 is 39.0. The first-order chi connectivity index (χ1) is 11.4. The van der Waals surface area contributed by atoms with Gasteiger partial charge < -0.3 is 19.0 Å². The number of aliphatic hydroxyl groups excluding tert-OH is 1. The van der Waals surface area contributed by atoms with E-state index in [9.17, 15) is 13.5 Å². The molecule has 0 amide bonds. The largest absolute Gasteiger partial charge is 0.497 e. The van der Waals surface area contributed by atoms with Gasteiger partial charge in [0.25, 0.3) is 5.22 Å². The van der Waals surface area contributed by atoms with Gasteiger partial charge in [-0.05, 0) is 12.1 Å². The third-order valence-electron chi connectivity index (χ3n) is 3.53. The Labute approximate surface area is 143 Å². The lowest BCUT2D eigenvalue weighted by molar-refractivity contribution is 0.207. The highest BCUT2D eigenvalue weighted by Gasteiger charge is 2.38. The van der Waals surface area contributed by atoms with Crippen LogP contribution in [0.2, 0.25) is 0 Å². The molecule has 10 heteroatoms. The molecule has 2 aromatic rings. The first-order valence-corrected chi connectivity index (χ1v) is 9.72. The van der Waals surface area contributed by atoms with Gasteiger partial charge in [0.2, 0.25) is 5.89 Å². The molecule has 130 valence electrons. The molecule has 1 aromatic heterocycles. The molecular weight excluding hydrogens is 356 g/mol. The molecule has 0 unspecified atom stereocenters. The van der Waals surface area contributed by atoms with E-state index in [4.69, 9.17) is 13.9 Å². The van der Waals surface area contributed by atoms with Crippen molar-refractivity contribution in [2.75, 3.05) is 25.7 Å². The summed E-state index contributed by atoms with van der Waals surface area (Å²) in [7, 11) is -0.147. The van der Waals surface area contributed by atoms with Gasteiger partial charge >= 0.3 is 0 Å². The monoisotopic (exact) mass is 372 g/mol. The van der Waals surface area contributed by atoms with Crippen molar-refractivity contribution in [2.24, 2.45) is 0 Å². The fourth-order valence-corrected chi connectivity index (χ4v) is 5.70. The predicted octanol–water partition coefficient (Wildman–Crippen LogP) is 1.00. The van der Waals surface area contributed by atoms with Crippen molar-refractivity contribution < 1.29 is 27.4 Å². The molecular formula is C14H16N2O6S2. The number of methoxy groups -OCH3 is 2. The summed E-state index contributed by atoms with van der Waals surface area (Å²) in [5.41, 5.74) is 0.616. The maximum absolute atomic E-state index is 11.5. The Bertz CT molecular complexity index is 813. The molecule has 1 aliphatic heterocycles. The average molecular weight is 372 g/mol. The van der Waals surface area contributed by atoms with Gasteiger partial charge in [0.15, 0.2) is 9.84 Å². The summed E-state index contributed by atoms with van der Waals surface area (Å²) in [6, 6.07) is 5.16. The number of hydrogen-bond donors (Lipinski definition) is 1. The number of thioether (sulfide) groups is 1. The topological polar surface area (TPSA) is 112 Å². The minimum atomic E-state index is -3.22. The van der Waals surface area contributed by atoms with Gasteiger partial charge in [0.1, 0.15) is 11.5 Å². The molecule has 1 fully saturated rings. The Balaban J connectivity index is 1.81. The van der Waals surface area contributed by atoms with Gasteiger partial charge in [0.05, 0.1) is 37.1 Å². The van der Waals surface area contributed by atoms with Gasteiger partial charge in [-0.3, -0.25) is 0 Å². The minimum Gasteiger partial charge on any atom is -0.497 e. The Hall–Kier alpha value is -1.78. The number of aromatic nitrogens is 2. The van der Waals surface area contributed by atoms with E-state index in [-0.39, 0.29) is 22.6 Å². The van der Waals surface area contributed by atoms with Crippen LogP contribution in [0.1, 0.15) is 0 Å². The molecule has 0 aliphatic carbocycles. The lowest BCUT2D eigenvalue weighted by Gasteiger charge is -2.08. The normalized spacial score (nSPS) is 22.5. The van der Waals surface area contributed by atoms with Crippen LogP contribution in [0.5, 0.6) is 11.5 Å². The van der Waals surface area contributed by atoms with Crippen molar-refractivity contribution in [1.29, 1.82) is 0 Å². The van der Waals surface area contributed by atoms with E-state index < -0.39 is 21.2 Å². The minimum absolute atomic E-state index is 0.108. The highest BCUT2D eigenvalue weighted by atomic mass is 32.2. The summed E-state index contributed by atoms with van der Waals surface area (Å²) in [4.78, 5) is 0. The number of aliphatic hydroxyl groups is 1. The number of hydrogen-bond acceptors (Lipinski definition) is 9. The fourth-order valence-electron chi connectivity index (χ4n) is 2.34. The maximum Gasteiger partial charge on any atom is 0.277 e. The number of sulfone groups is 1. The van der Waals surface area contributed by atoms with E-state index in [1.807, 2.05) is 0 Å². The number of rotatable bonds is 5. The van der Waals surface area contributed by atoms with Crippen molar-refractivity contribution in [3.63, 3.8) is 0 Å². The van der Waals surface area contributed by atoms with Gasteiger partial charge in [-0.2, -0.15) is 0 Å². The molecule has 24 heavy (non-hydrogen) atoms. The quantitative estimate of drug-likeness (QED) is 0.821. The van der Waals surface area contributed by atoms with Crippen molar-refractivity contribution >= 4 is 21.6 Å². The van der Waals surface area contributed by atoms with Crippen LogP contribution in [-0.4, -0.2) is 60.8 Å². The van der Waals surface area contributed by atoms with E-state index in [0.717, 1.165) is 11.8 Å². The Morgan fingerprint density at radius 3 is 2.38 bits per heavy atom.